The Bertz CT molecular complexity index is 792. The van der Waals surface area contributed by atoms with Crippen LogP contribution in [0.15, 0.2) is 34.4 Å². The average Bonchev–Trinajstić information content (AvgIpc) is 2.92. The first kappa shape index (κ1) is 18.9. The number of hydrogen-bond donors (Lipinski definition) is 1. The molecule has 6 nitrogen and oxygen atoms in total. The molecule has 1 aromatic carbocycles. The summed E-state index contributed by atoms with van der Waals surface area (Å²) >= 11 is 1.03. The number of carbonyl (C=O) groups excluding carboxylic acids is 2. The number of ether oxygens (including phenoxy) is 1. The van der Waals surface area contributed by atoms with Gasteiger partial charge in [-0.15, -0.1) is 0 Å². The van der Waals surface area contributed by atoms with E-state index in [0.717, 1.165) is 23.3 Å². The van der Waals surface area contributed by atoms with Crippen LogP contribution in [-0.2, 0) is 27.3 Å². The topological polar surface area (TPSA) is 77.4 Å². The van der Waals surface area contributed by atoms with Gasteiger partial charge in [-0.3, -0.25) is 19.0 Å². The van der Waals surface area contributed by atoms with E-state index < -0.39 is 5.97 Å². The highest BCUT2D eigenvalue weighted by atomic mass is 32.1. The normalized spacial score (nSPS) is 11.8. The Morgan fingerprint density at radius 2 is 1.96 bits per heavy atom. The van der Waals surface area contributed by atoms with E-state index in [-0.39, 0.29) is 30.0 Å². The maximum absolute atomic E-state index is 11.9. The summed E-state index contributed by atoms with van der Waals surface area (Å²) in [4.78, 5) is 35.1. The van der Waals surface area contributed by atoms with Crippen molar-refractivity contribution in [3.63, 3.8) is 0 Å². The molecule has 0 saturated heterocycles. The van der Waals surface area contributed by atoms with Gasteiger partial charge in [-0.1, -0.05) is 42.5 Å². The minimum absolute atomic E-state index is 0.182. The summed E-state index contributed by atoms with van der Waals surface area (Å²) in [5.74, 6) is -0.992. The zero-order valence-corrected chi connectivity index (χ0v) is 15.4. The Hall–Kier alpha value is -2.41. The van der Waals surface area contributed by atoms with Gasteiger partial charge in [0, 0.05) is 11.1 Å². The highest BCUT2D eigenvalue weighted by Gasteiger charge is 2.14. The maximum atomic E-state index is 11.9. The smallest absolute Gasteiger partial charge is 0.326 e. The molecule has 1 heterocycles. The Balaban J connectivity index is 1.81. The third-order valence-electron chi connectivity index (χ3n) is 3.89. The van der Waals surface area contributed by atoms with Crippen molar-refractivity contribution in [2.45, 2.75) is 39.8 Å². The van der Waals surface area contributed by atoms with Crippen LogP contribution >= 0.6 is 11.3 Å². The van der Waals surface area contributed by atoms with E-state index >= 15 is 0 Å². The first-order chi connectivity index (χ1) is 11.9. The molecule has 0 spiro atoms. The standard InChI is InChI=1S/C18H22N2O4S/c1-4-14-5-7-15(8-6-14)13(3)19-16(21)10-24-17(22)9-20-12(2)11-25-18(20)23/h5-8,11,13H,4,9-10H2,1-3H3,(H,19,21)/t13-/m0/s1. The Morgan fingerprint density at radius 1 is 1.28 bits per heavy atom. The number of aromatic nitrogens is 1. The fourth-order valence-corrected chi connectivity index (χ4v) is 3.06. The lowest BCUT2D eigenvalue weighted by Gasteiger charge is -2.15. The number of rotatable bonds is 7. The third kappa shape index (κ3) is 5.29. The Labute approximate surface area is 150 Å². The zero-order valence-electron chi connectivity index (χ0n) is 14.6. The van der Waals surface area contributed by atoms with Gasteiger partial charge in [0.15, 0.2) is 6.61 Å². The summed E-state index contributed by atoms with van der Waals surface area (Å²) in [7, 11) is 0. The lowest BCUT2D eigenvalue weighted by molar-refractivity contribution is -0.149. The number of carbonyl (C=O) groups is 2. The number of nitrogens with zero attached hydrogens (tertiary/aromatic N) is 1. The minimum Gasteiger partial charge on any atom is -0.454 e. The van der Waals surface area contributed by atoms with Crippen LogP contribution < -0.4 is 10.2 Å². The summed E-state index contributed by atoms with van der Waals surface area (Å²) in [6.45, 7) is 5.14. The van der Waals surface area contributed by atoms with E-state index in [2.05, 4.69) is 12.2 Å². The molecule has 2 aromatic rings. The molecule has 0 fully saturated rings. The third-order valence-corrected chi connectivity index (χ3v) is 4.77. The summed E-state index contributed by atoms with van der Waals surface area (Å²) in [6, 6.07) is 7.82. The zero-order chi connectivity index (χ0) is 18.4. The van der Waals surface area contributed by atoms with Crippen LogP contribution in [0.1, 0.15) is 36.7 Å². The molecule has 1 atom stereocenters. The van der Waals surface area contributed by atoms with E-state index in [1.807, 2.05) is 31.2 Å². The summed E-state index contributed by atoms with van der Waals surface area (Å²) in [5, 5.41) is 4.46. The van der Waals surface area contributed by atoms with Gasteiger partial charge in [-0.25, -0.2) is 0 Å². The number of esters is 1. The summed E-state index contributed by atoms with van der Waals surface area (Å²) < 4.78 is 6.28. The molecule has 1 amide bonds. The van der Waals surface area contributed by atoms with Crippen molar-refractivity contribution in [3.8, 4) is 0 Å². The fourth-order valence-electron chi connectivity index (χ4n) is 2.33. The van der Waals surface area contributed by atoms with Crippen LogP contribution in [0, 0.1) is 6.92 Å². The molecule has 1 N–H and O–H groups in total. The van der Waals surface area contributed by atoms with Crippen LogP contribution in [0.3, 0.4) is 0 Å². The molecule has 0 unspecified atom stereocenters. The lowest BCUT2D eigenvalue weighted by atomic mass is 10.1. The highest BCUT2D eigenvalue weighted by Crippen LogP contribution is 2.13. The summed E-state index contributed by atoms with van der Waals surface area (Å²) in [5.41, 5.74) is 2.91. The Kier molecular flexibility index (Phi) is 6.52. The number of thiazole rings is 1. The molecule has 134 valence electrons. The van der Waals surface area contributed by atoms with Gasteiger partial charge in [0.05, 0.1) is 6.04 Å². The van der Waals surface area contributed by atoms with Gasteiger partial charge >= 0.3 is 10.8 Å². The Morgan fingerprint density at radius 3 is 2.52 bits per heavy atom. The number of benzene rings is 1. The molecule has 0 radical (unpaired) electrons. The minimum atomic E-state index is -0.612. The molecular weight excluding hydrogens is 340 g/mol. The molecule has 0 aliphatic carbocycles. The van der Waals surface area contributed by atoms with Crippen molar-refractivity contribution in [2.24, 2.45) is 0 Å². The van der Waals surface area contributed by atoms with Crippen molar-refractivity contribution in [1.82, 2.24) is 9.88 Å². The number of nitrogens with one attached hydrogen (secondary N) is 1. The van der Waals surface area contributed by atoms with Crippen LogP contribution in [-0.4, -0.2) is 23.1 Å². The van der Waals surface area contributed by atoms with Crippen LogP contribution in [0.5, 0.6) is 0 Å². The monoisotopic (exact) mass is 362 g/mol. The molecule has 0 bridgehead atoms. The predicted octanol–water partition coefficient (Wildman–Crippen LogP) is 2.20. The van der Waals surface area contributed by atoms with E-state index in [4.69, 9.17) is 4.74 Å². The highest BCUT2D eigenvalue weighted by molar-refractivity contribution is 7.07. The van der Waals surface area contributed by atoms with Crippen LogP contribution in [0.2, 0.25) is 0 Å². The van der Waals surface area contributed by atoms with Crippen molar-refractivity contribution in [3.05, 3.63) is 56.1 Å². The van der Waals surface area contributed by atoms with Gasteiger partial charge in [0.25, 0.3) is 5.91 Å². The molecular formula is C18H22N2O4S. The largest absolute Gasteiger partial charge is 0.454 e. The predicted molar refractivity (Wildman–Crippen MR) is 96.7 cm³/mol. The van der Waals surface area contributed by atoms with Gasteiger partial charge in [0.2, 0.25) is 0 Å². The van der Waals surface area contributed by atoms with E-state index in [9.17, 15) is 14.4 Å². The second kappa shape index (κ2) is 8.62. The van der Waals surface area contributed by atoms with Gasteiger partial charge < -0.3 is 10.1 Å². The number of amides is 1. The van der Waals surface area contributed by atoms with Gasteiger partial charge in [0.1, 0.15) is 6.54 Å². The van der Waals surface area contributed by atoms with Gasteiger partial charge in [-0.05, 0) is 31.4 Å². The molecule has 25 heavy (non-hydrogen) atoms. The van der Waals surface area contributed by atoms with Crippen LogP contribution in [0.4, 0.5) is 0 Å². The van der Waals surface area contributed by atoms with Gasteiger partial charge in [-0.2, -0.15) is 0 Å². The number of aryl methyl sites for hydroxylation is 2. The second-order valence-corrected chi connectivity index (χ2v) is 6.59. The van der Waals surface area contributed by atoms with E-state index in [1.54, 1.807) is 12.3 Å². The molecule has 1 aromatic heterocycles. The second-order valence-electron chi connectivity index (χ2n) is 5.77. The van der Waals surface area contributed by atoms with E-state index in [1.165, 1.54) is 10.1 Å². The summed E-state index contributed by atoms with van der Waals surface area (Å²) in [6.07, 6.45) is 0.962. The van der Waals surface area contributed by atoms with Crippen molar-refractivity contribution < 1.29 is 14.3 Å². The van der Waals surface area contributed by atoms with Crippen molar-refractivity contribution in [1.29, 1.82) is 0 Å². The van der Waals surface area contributed by atoms with Crippen molar-refractivity contribution >= 4 is 23.2 Å². The average molecular weight is 362 g/mol. The SMILES string of the molecule is CCc1ccc([C@H](C)NC(=O)COC(=O)Cn2c(C)csc2=O)cc1. The molecule has 7 heteroatoms. The molecule has 2 rings (SSSR count). The van der Waals surface area contributed by atoms with Crippen LogP contribution in [0.25, 0.3) is 0 Å². The first-order valence-electron chi connectivity index (χ1n) is 8.09. The molecule has 0 aliphatic heterocycles. The lowest BCUT2D eigenvalue weighted by Crippen LogP contribution is -2.32. The maximum Gasteiger partial charge on any atom is 0.326 e. The molecule has 0 saturated carbocycles. The fraction of sp³-hybridized carbons (Fsp3) is 0.389. The quantitative estimate of drug-likeness (QED) is 0.766. The molecule has 0 aliphatic rings. The first-order valence-corrected chi connectivity index (χ1v) is 8.97. The van der Waals surface area contributed by atoms with E-state index in [0.29, 0.717) is 5.69 Å². The van der Waals surface area contributed by atoms with Crippen molar-refractivity contribution in [2.75, 3.05) is 6.61 Å². The number of hydrogen-bond acceptors (Lipinski definition) is 5.